The summed E-state index contributed by atoms with van der Waals surface area (Å²) in [6.45, 7) is 0.500. The Morgan fingerprint density at radius 3 is 2.75 bits per heavy atom. The molecule has 6 heteroatoms. The zero-order valence-electron chi connectivity index (χ0n) is 15.1. The Morgan fingerprint density at radius 1 is 1.21 bits per heavy atom. The lowest BCUT2D eigenvalue weighted by Gasteiger charge is -2.17. The topological polar surface area (TPSA) is 89.8 Å². The molecule has 2 aromatic heterocycles. The Labute approximate surface area is 160 Å². The third-order valence-electron chi connectivity index (χ3n) is 4.68. The number of hydrogen-bond donors (Lipinski definition) is 1. The van der Waals surface area contributed by atoms with Crippen molar-refractivity contribution in [2.45, 2.75) is 6.54 Å². The molecule has 1 amide bonds. The Morgan fingerprint density at radius 2 is 2.00 bits per heavy atom. The molecule has 4 rings (SSSR count). The fourth-order valence-electron chi connectivity index (χ4n) is 3.24. The lowest BCUT2D eigenvalue weighted by molar-refractivity contribution is 0.0785. The van der Waals surface area contributed by atoms with Crippen molar-refractivity contribution < 1.29 is 4.79 Å². The minimum Gasteiger partial charge on any atom is -0.358 e. The highest BCUT2D eigenvalue weighted by atomic mass is 16.2. The van der Waals surface area contributed by atoms with Crippen LogP contribution in [0.2, 0.25) is 0 Å². The Kier molecular flexibility index (Phi) is 4.34. The van der Waals surface area contributed by atoms with E-state index >= 15 is 0 Å². The highest BCUT2D eigenvalue weighted by Gasteiger charge is 2.15. The molecule has 0 aliphatic heterocycles. The molecule has 0 unspecified atom stereocenters. The Bertz CT molecular complexity index is 1300. The van der Waals surface area contributed by atoms with Gasteiger partial charge in [-0.3, -0.25) is 14.6 Å². The Hall–Kier alpha value is -3.98. The number of carbonyl (C=O) groups is 1. The number of nitriles is 1. The molecule has 2 aromatic carbocycles. The standard InChI is InChI=1S/C22H16N4O2/c1-26(13-14-5-3-2-4-6-14)22(28)16-9-15-7-8-18-20(19(15)24-11-16)25-12-17(10-23)21(18)27/h2-9,11-12H,13H2,1H3,(H,25,27). The predicted octanol–water partition coefficient (Wildman–Crippen LogP) is 3.22. The maximum Gasteiger partial charge on any atom is 0.255 e. The monoisotopic (exact) mass is 368 g/mol. The molecule has 0 atom stereocenters. The summed E-state index contributed by atoms with van der Waals surface area (Å²) in [4.78, 5) is 34.1. The molecule has 0 aliphatic carbocycles. The summed E-state index contributed by atoms with van der Waals surface area (Å²) in [6, 6.07) is 16.8. The zero-order chi connectivity index (χ0) is 19.7. The van der Waals surface area contributed by atoms with Crippen molar-refractivity contribution in [2.24, 2.45) is 0 Å². The van der Waals surface area contributed by atoms with E-state index in [-0.39, 0.29) is 16.9 Å². The summed E-state index contributed by atoms with van der Waals surface area (Å²) in [5, 5.41) is 10.2. The quantitative estimate of drug-likeness (QED) is 0.562. The smallest absolute Gasteiger partial charge is 0.255 e. The predicted molar refractivity (Wildman–Crippen MR) is 107 cm³/mol. The van der Waals surface area contributed by atoms with Crippen LogP contribution in [-0.2, 0) is 6.54 Å². The number of benzene rings is 2. The van der Waals surface area contributed by atoms with Crippen LogP contribution in [0.4, 0.5) is 0 Å². The van der Waals surface area contributed by atoms with Crippen molar-refractivity contribution in [3.05, 3.63) is 87.8 Å². The maximum atomic E-state index is 12.8. The third-order valence-corrected chi connectivity index (χ3v) is 4.68. The molecule has 6 nitrogen and oxygen atoms in total. The number of fused-ring (bicyclic) bond motifs is 3. The molecular weight excluding hydrogens is 352 g/mol. The number of pyridine rings is 2. The summed E-state index contributed by atoms with van der Waals surface area (Å²) in [7, 11) is 1.75. The third kappa shape index (κ3) is 2.99. The molecule has 28 heavy (non-hydrogen) atoms. The lowest BCUT2D eigenvalue weighted by Crippen LogP contribution is -2.26. The molecule has 1 N–H and O–H groups in total. The van der Waals surface area contributed by atoms with Gasteiger partial charge in [0, 0.05) is 36.8 Å². The van der Waals surface area contributed by atoms with Gasteiger partial charge >= 0.3 is 0 Å². The van der Waals surface area contributed by atoms with Crippen molar-refractivity contribution >= 4 is 27.7 Å². The van der Waals surface area contributed by atoms with Crippen LogP contribution in [0.15, 0.2) is 65.7 Å². The molecule has 0 spiro atoms. The average Bonchev–Trinajstić information content (AvgIpc) is 2.73. The number of rotatable bonds is 3. The van der Waals surface area contributed by atoms with Crippen LogP contribution >= 0.6 is 0 Å². The molecule has 0 fully saturated rings. The van der Waals surface area contributed by atoms with Gasteiger partial charge in [0.2, 0.25) is 5.43 Å². The van der Waals surface area contributed by atoms with Gasteiger partial charge in [-0.05, 0) is 17.7 Å². The highest BCUT2D eigenvalue weighted by Crippen LogP contribution is 2.22. The number of carbonyl (C=O) groups excluding carboxylic acids is 1. The molecule has 136 valence electrons. The second kappa shape index (κ2) is 6.97. The Balaban J connectivity index is 1.72. The largest absolute Gasteiger partial charge is 0.358 e. The fourth-order valence-corrected chi connectivity index (χ4v) is 3.24. The number of nitrogens with zero attached hydrogens (tertiary/aromatic N) is 3. The van der Waals surface area contributed by atoms with Crippen LogP contribution in [-0.4, -0.2) is 27.8 Å². The molecule has 0 bridgehead atoms. The minimum absolute atomic E-state index is 0.0567. The number of H-pyrrole nitrogens is 1. The number of aromatic nitrogens is 2. The highest BCUT2D eigenvalue weighted by molar-refractivity contribution is 6.05. The van der Waals surface area contributed by atoms with Gasteiger partial charge in [0.15, 0.2) is 0 Å². The van der Waals surface area contributed by atoms with Crippen molar-refractivity contribution in [1.29, 1.82) is 5.26 Å². The van der Waals surface area contributed by atoms with E-state index < -0.39 is 0 Å². The second-order valence-corrected chi connectivity index (χ2v) is 6.57. The fraction of sp³-hybridized carbons (Fsp3) is 0.0909. The summed E-state index contributed by atoms with van der Waals surface area (Å²) < 4.78 is 0. The summed E-state index contributed by atoms with van der Waals surface area (Å²) in [5.41, 5.74) is 2.38. The van der Waals surface area contributed by atoms with Gasteiger partial charge in [0.05, 0.1) is 16.6 Å². The van der Waals surface area contributed by atoms with E-state index in [2.05, 4.69) is 9.97 Å². The molecule has 4 aromatic rings. The maximum absolute atomic E-state index is 12.8. The van der Waals surface area contributed by atoms with Crippen LogP contribution in [0.3, 0.4) is 0 Å². The van der Waals surface area contributed by atoms with Crippen molar-refractivity contribution in [2.75, 3.05) is 7.05 Å². The van der Waals surface area contributed by atoms with Crippen LogP contribution in [0.1, 0.15) is 21.5 Å². The van der Waals surface area contributed by atoms with Gasteiger partial charge in [0.25, 0.3) is 5.91 Å². The minimum atomic E-state index is -0.331. The van der Waals surface area contributed by atoms with E-state index in [1.807, 2.05) is 36.4 Å². The first-order valence-electron chi connectivity index (χ1n) is 8.72. The number of nitrogens with one attached hydrogen (secondary N) is 1. The van der Waals surface area contributed by atoms with Gasteiger partial charge in [-0.25, -0.2) is 0 Å². The van der Waals surface area contributed by atoms with Gasteiger partial charge in [-0.1, -0.05) is 36.4 Å². The van der Waals surface area contributed by atoms with Crippen LogP contribution in [0, 0.1) is 11.3 Å². The lowest BCUT2D eigenvalue weighted by atomic mass is 10.1. The van der Waals surface area contributed by atoms with Crippen molar-refractivity contribution in [3.8, 4) is 6.07 Å². The van der Waals surface area contributed by atoms with Crippen molar-refractivity contribution in [1.82, 2.24) is 14.9 Å². The first-order valence-corrected chi connectivity index (χ1v) is 8.72. The summed E-state index contributed by atoms with van der Waals surface area (Å²) in [6.07, 6.45) is 2.90. The molecule has 0 saturated carbocycles. The molecule has 0 aliphatic rings. The molecule has 0 radical (unpaired) electrons. The second-order valence-electron chi connectivity index (χ2n) is 6.57. The van der Waals surface area contributed by atoms with E-state index in [0.717, 1.165) is 10.9 Å². The average molecular weight is 368 g/mol. The van der Waals surface area contributed by atoms with Crippen LogP contribution in [0.5, 0.6) is 0 Å². The summed E-state index contributed by atoms with van der Waals surface area (Å²) in [5.74, 6) is -0.133. The number of amides is 1. The first-order chi connectivity index (χ1) is 13.6. The van der Waals surface area contributed by atoms with Crippen LogP contribution < -0.4 is 5.43 Å². The van der Waals surface area contributed by atoms with E-state index in [1.54, 1.807) is 30.1 Å². The zero-order valence-corrected chi connectivity index (χ0v) is 15.1. The SMILES string of the molecule is CN(Cc1ccccc1)C(=O)c1cnc2c(ccc3c(=O)c(C#N)c[nH]c32)c1. The number of aromatic amines is 1. The van der Waals surface area contributed by atoms with Gasteiger partial charge < -0.3 is 9.88 Å². The number of hydrogen-bond acceptors (Lipinski definition) is 4. The van der Waals surface area contributed by atoms with Gasteiger partial charge in [-0.2, -0.15) is 5.26 Å². The molecule has 0 saturated heterocycles. The first kappa shape index (κ1) is 17.4. The summed E-state index contributed by atoms with van der Waals surface area (Å²) >= 11 is 0. The van der Waals surface area contributed by atoms with Gasteiger partial charge in [-0.15, -0.1) is 0 Å². The normalized spacial score (nSPS) is 10.7. The molecular formula is C22H16N4O2. The van der Waals surface area contributed by atoms with E-state index in [9.17, 15) is 9.59 Å². The van der Waals surface area contributed by atoms with Crippen molar-refractivity contribution in [3.63, 3.8) is 0 Å². The molecule has 2 heterocycles. The van der Waals surface area contributed by atoms with E-state index in [0.29, 0.717) is 28.5 Å². The van der Waals surface area contributed by atoms with E-state index in [4.69, 9.17) is 5.26 Å². The van der Waals surface area contributed by atoms with E-state index in [1.165, 1.54) is 12.4 Å². The van der Waals surface area contributed by atoms with Crippen LogP contribution in [0.25, 0.3) is 21.8 Å². The van der Waals surface area contributed by atoms with Gasteiger partial charge in [0.1, 0.15) is 11.6 Å².